The molecule has 0 N–H and O–H groups in total. The summed E-state index contributed by atoms with van der Waals surface area (Å²) in [5, 5.41) is 1.19. The molecule has 0 aliphatic carbocycles. The molecule has 0 saturated heterocycles. The van der Waals surface area contributed by atoms with E-state index in [-0.39, 0.29) is 0 Å². The van der Waals surface area contributed by atoms with Gasteiger partial charge in [-0.2, -0.15) is 4.73 Å². The summed E-state index contributed by atoms with van der Waals surface area (Å²) < 4.78 is 1.76. The summed E-state index contributed by atoms with van der Waals surface area (Å²) in [4.78, 5) is 10.8. The summed E-state index contributed by atoms with van der Waals surface area (Å²) in [6.07, 6.45) is 0. The van der Waals surface area contributed by atoms with Gasteiger partial charge in [0.2, 0.25) is 0 Å². The maximum atomic E-state index is 6.26. The highest BCUT2D eigenvalue weighted by Crippen LogP contribution is 2.25. The molecule has 0 atom stereocenters. The average Bonchev–Trinajstić information content (AvgIpc) is 3.00. The van der Waals surface area contributed by atoms with Gasteiger partial charge in [0.1, 0.15) is 12.1 Å². The molecule has 25 heavy (non-hydrogen) atoms. The van der Waals surface area contributed by atoms with E-state index in [4.69, 9.17) is 33.0 Å². The van der Waals surface area contributed by atoms with Crippen LogP contribution < -0.4 is 4.84 Å². The van der Waals surface area contributed by atoms with Crippen LogP contribution in [0.25, 0.3) is 22.4 Å². The fourth-order valence-electron chi connectivity index (χ4n) is 2.68. The molecule has 0 aliphatic heterocycles. The summed E-state index contributed by atoms with van der Waals surface area (Å²) in [7, 11) is 0. The van der Waals surface area contributed by atoms with Crippen molar-refractivity contribution >= 4 is 34.2 Å². The number of hydrogen-bond acceptors (Lipinski definition) is 2. The Hall–Kier alpha value is -2.49. The number of imidazole rings is 1. The Bertz CT molecular complexity index is 1030. The minimum Gasteiger partial charge on any atom is -0.407 e. The van der Waals surface area contributed by atoms with E-state index < -0.39 is 0 Å². The SMILES string of the molecule is Clc1ccc(COn2c(-c3ccccc3)nc3ccccc32)c(Cl)c1. The predicted octanol–water partition coefficient (Wildman–Crippen LogP) is 5.64. The van der Waals surface area contributed by atoms with Crippen molar-refractivity contribution < 1.29 is 4.84 Å². The van der Waals surface area contributed by atoms with E-state index in [1.165, 1.54) is 0 Å². The molecule has 3 nitrogen and oxygen atoms in total. The third kappa shape index (κ3) is 3.21. The first kappa shape index (κ1) is 16.0. The van der Waals surface area contributed by atoms with E-state index in [2.05, 4.69) is 0 Å². The van der Waals surface area contributed by atoms with Crippen LogP contribution in [0.1, 0.15) is 5.56 Å². The lowest BCUT2D eigenvalue weighted by Gasteiger charge is -2.12. The van der Waals surface area contributed by atoms with Gasteiger partial charge in [-0.25, -0.2) is 4.98 Å². The Morgan fingerprint density at radius 2 is 1.64 bits per heavy atom. The topological polar surface area (TPSA) is 27.1 Å². The lowest BCUT2D eigenvalue weighted by Crippen LogP contribution is -2.12. The fraction of sp³-hybridized carbons (Fsp3) is 0.0500. The summed E-state index contributed by atoms with van der Waals surface area (Å²) in [5.41, 5.74) is 3.64. The molecule has 5 heteroatoms. The van der Waals surface area contributed by atoms with Crippen molar-refractivity contribution in [3.8, 4) is 11.4 Å². The number of halogens is 2. The molecule has 0 spiro atoms. The Morgan fingerprint density at radius 3 is 2.44 bits per heavy atom. The normalized spacial score (nSPS) is 11.0. The highest BCUT2D eigenvalue weighted by Gasteiger charge is 2.14. The average molecular weight is 369 g/mol. The minimum absolute atomic E-state index is 0.316. The van der Waals surface area contributed by atoms with Gasteiger partial charge in [-0.1, -0.05) is 71.7 Å². The number of benzene rings is 3. The lowest BCUT2D eigenvalue weighted by atomic mass is 10.2. The number of hydrogen-bond donors (Lipinski definition) is 0. The Kier molecular flexibility index (Phi) is 4.35. The van der Waals surface area contributed by atoms with E-state index in [0.717, 1.165) is 28.0 Å². The molecule has 3 aromatic carbocycles. The third-order valence-corrected chi connectivity index (χ3v) is 4.50. The fourth-order valence-corrected chi connectivity index (χ4v) is 3.14. The van der Waals surface area contributed by atoms with Crippen LogP contribution in [0.5, 0.6) is 0 Å². The van der Waals surface area contributed by atoms with E-state index in [9.17, 15) is 0 Å². The maximum absolute atomic E-state index is 6.26. The molecule has 0 amide bonds. The standard InChI is InChI=1S/C20H14Cl2N2O/c21-16-11-10-15(17(22)12-16)13-25-24-19-9-5-4-8-18(19)23-20(24)14-6-2-1-3-7-14/h1-12H,13H2. The van der Waals surface area contributed by atoms with Crippen LogP contribution in [0.3, 0.4) is 0 Å². The van der Waals surface area contributed by atoms with Gasteiger partial charge in [0.15, 0.2) is 5.82 Å². The first-order valence-electron chi connectivity index (χ1n) is 7.82. The summed E-state index contributed by atoms with van der Waals surface area (Å²) in [5.74, 6) is 0.756. The molecule has 0 radical (unpaired) electrons. The third-order valence-electron chi connectivity index (χ3n) is 3.92. The van der Waals surface area contributed by atoms with Gasteiger partial charge >= 0.3 is 0 Å². The molecular formula is C20H14Cl2N2O. The van der Waals surface area contributed by atoms with E-state index >= 15 is 0 Å². The molecule has 0 fully saturated rings. The van der Waals surface area contributed by atoms with Crippen molar-refractivity contribution in [2.45, 2.75) is 6.61 Å². The maximum Gasteiger partial charge on any atom is 0.176 e. The van der Waals surface area contributed by atoms with Gasteiger partial charge < -0.3 is 4.84 Å². The predicted molar refractivity (Wildman–Crippen MR) is 102 cm³/mol. The van der Waals surface area contributed by atoms with E-state index in [0.29, 0.717) is 16.7 Å². The second-order valence-corrected chi connectivity index (χ2v) is 6.44. The van der Waals surface area contributed by atoms with Crippen molar-refractivity contribution in [1.82, 2.24) is 9.71 Å². The zero-order valence-electron chi connectivity index (χ0n) is 13.2. The smallest absolute Gasteiger partial charge is 0.176 e. The van der Waals surface area contributed by atoms with E-state index in [1.54, 1.807) is 16.9 Å². The van der Waals surface area contributed by atoms with Crippen molar-refractivity contribution in [2.24, 2.45) is 0 Å². The van der Waals surface area contributed by atoms with Crippen molar-refractivity contribution in [3.05, 3.63) is 88.4 Å². The highest BCUT2D eigenvalue weighted by atomic mass is 35.5. The molecule has 4 rings (SSSR count). The van der Waals surface area contributed by atoms with Gasteiger partial charge in [-0.3, -0.25) is 0 Å². The Labute approximate surface area is 155 Å². The highest BCUT2D eigenvalue weighted by molar-refractivity contribution is 6.35. The van der Waals surface area contributed by atoms with E-state index in [1.807, 2.05) is 60.7 Å². The number of nitrogens with zero attached hydrogens (tertiary/aromatic N) is 2. The van der Waals surface area contributed by atoms with Crippen molar-refractivity contribution in [1.29, 1.82) is 0 Å². The zero-order valence-corrected chi connectivity index (χ0v) is 14.7. The number of rotatable bonds is 4. The van der Waals surface area contributed by atoms with Crippen LogP contribution in [-0.4, -0.2) is 9.71 Å². The first-order chi connectivity index (χ1) is 12.2. The second-order valence-electron chi connectivity index (χ2n) is 5.59. The van der Waals surface area contributed by atoms with Crippen LogP contribution in [0.2, 0.25) is 10.0 Å². The number of para-hydroxylation sites is 2. The molecule has 124 valence electrons. The van der Waals surface area contributed by atoms with Gasteiger partial charge in [0, 0.05) is 21.2 Å². The largest absolute Gasteiger partial charge is 0.407 e. The minimum atomic E-state index is 0.316. The van der Waals surface area contributed by atoms with Gasteiger partial charge in [-0.15, -0.1) is 0 Å². The molecule has 1 aromatic heterocycles. The monoisotopic (exact) mass is 368 g/mol. The summed E-state index contributed by atoms with van der Waals surface area (Å²) in [6, 6.07) is 23.2. The molecule has 0 unspecified atom stereocenters. The quantitative estimate of drug-likeness (QED) is 0.466. The van der Waals surface area contributed by atoms with Crippen LogP contribution >= 0.6 is 23.2 Å². The molecule has 0 bridgehead atoms. The molecule has 0 aliphatic rings. The first-order valence-corrected chi connectivity index (χ1v) is 8.58. The second kappa shape index (κ2) is 6.79. The van der Waals surface area contributed by atoms with Crippen molar-refractivity contribution in [2.75, 3.05) is 0 Å². The molecule has 4 aromatic rings. The van der Waals surface area contributed by atoms with Crippen LogP contribution in [0.4, 0.5) is 0 Å². The van der Waals surface area contributed by atoms with Gasteiger partial charge in [-0.05, 0) is 24.3 Å². The number of aromatic nitrogens is 2. The Morgan fingerprint density at radius 1 is 0.880 bits per heavy atom. The lowest BCUT2D eigenvalue weighted by molar-refractivity contribution is 0.110. The number of fused-ring (bicyclic) bond motifs is 1. The van der Waals surface area contributed by atoms with Gasteiger partial charge in [0.25, 0.3) is 0 Å². The summed E-state index contributed by atoms with van der Waals surface area (Å²) >= 11 is 12.2. The summed E-state index contributed by atoms with van der Waals surface area (Å²) in [6.45, 7) is 0.316. The van der Waals surface area contributed by atoms with Crippen LogP contribution in [-0.2, 0) is 6.61 Å². The van der Waals surface area contributed by atoms with Gasteiger partial charge in [0.05, 0.1) is 5.52 Å². The van der Waals surface area contributed by atoms with Crippen LogP contribution in [0, 0.1) is 0 Å². The van der Waals surface area contributed by atoms with Crippen LogP contribution in [0.15, 0.2) is 72.8 Å². The molecule has 1 heterocycles. The Balaban J connectivity index is 1.75. The van der Waals surface area contributed by atoms with Crippen molar-refractivity contribution in [3.63, 3.8) is 0 Å². The zero-order chi connectivity index (χ0) is 17.2. The molecular weight excluding hydrogens is 355 g/mol. The molecule has 0 saturated carbocycles.